The third kappa shape index (κ3) is 5.20. The van der Waals surface area contributed by atoms with Gasteiger partial charge < -0.3 is 19.3 Å². The number of likely N-dealkylation sites (tertiary alicyclic amines) is 2. The second-order valence-corrected chi connectivity index (χ2v) is 13.2. The van der Waals surface area contributed by atoms with Crippen LogP contribution in [0.25, 0.3) is 21.9 Å². The molecule has 4 heterocycles. The molecule has 0 N–H and O–H groups in total. The van der Waals surface area contributed by atoms with Gasteiger partial charge in [0.05, 0.1) is 23.7 Å². The monoisotopic (exact) mass is 628 g/mol. The van der Waals surface area contributed by atoms with E-state index in [1.54, 1.807) is 0 Å². The summed E-state index contributed by atoms with van der Waals surface area (Å²) >= 11 is 6.90. The van der Waals surface area contributed by atoms with Gasteiger partial charge in [0, 0.05) is 30.5 Å². The van der Waals surface area contributed by atoms with Crippen molar-refractivity contribution in [3.8, 4) is 11.1 Å². The molecule has 6 nitrogen and oxygen atoms in total. The number of halogens is 1. The first-order valence-electron chi connectivity index (χ1n) is 16.4. The highest BCUT2D eigenvalue weighted by molar-refractivity contribution is 6.35. The van der Waals surface area contributed by atoms with Crippen molar-refractivity contribution >= 4 is 39.9 Å². The van der Waals surface area contributed by atoms with Crippen LogP contribution in [0, 0.1) is 0 Å². The van der Waals surface area contributed by atoms with Crippen LogP contribution in [0.3, 0.4) is 0 Å². The Labute approximate surface area is 274 Å². The highest BCUT2D eigenvalue weighted by Crippen LogP contribution is 2.35. The minimum Gasteiger partial charge on any atom is -0.334 e. The summed E-state index contributed by atoms with van der Waals surface area (Å²) in [5, 5.41) is 2.72. The summed E-state index contributed by atoms with van der Waals surface area (Å²) in [4.78, 5) is 34.8. The number of benzene rings is 4. The van der Waals surface area contributed by atoms with Crippen LogP contribution < -0.4 is 4.90 Å². The van der Waals surface area contributed by atoms with Crippen molar-refractivity contribution in [2.24, 2.45) is 0 Å². The van der Waals surface area contributed by atoms with Crippen LogP contribution in [0.1, 0.15) is 57.8 Å². The molecule has 1 aromatic heterocycles. The molecule has 46 heavy (non-hydrogen) atoms. The Bertz CT molecular complexity index is 1950. The normalized spacial score (nSPS) is 18.1. The van der Waals surface area contributed by atoms with Gasteiger partial charge in [-0.15, -0.1) is 0 Å². The molecule has 5 aromatic rings. The van der Waals surface area contributed by atoms with Gasteiger partial charge in [0.1, 0.15) is 5.69 Å². The van der Waals surface area contributed by atoms with Gasteiger partial charge in [-0.2, -0.15) is 0 Å². The van der Waals surface area contributed by atoms with Crippen LogP contribution in [0.15, 0.2) is 97.1 Å². The Morgan fingerprint density at radius 2 is 1.57 bits per heavy atom. The fourth-order valence-corrected chi connectivity index (χ4v) is 7.97. The van der Waals surface area contributed by atoms with Crippen molar-refractivity contribution in [2.45, 2.75) is 44.8 Å². The van der Waals surface area contributed by atoms with Gasteiger partial charge in [-0.25, -0.2) is 0 Å². The number of fused-ring (bicyclic) bond motifs is 3. The van der Waals surface area contributed by atoms with Gasteiger partial charge in [0.2, 0.25) is 0 Å². The molecule has 1 atom stereocenters. The Kier molecular flexibility index (Phi) is 7.63. The fraction of sp³-hybridized carbons (Fsp3) is 0.282. The maximum Gasteiger partial charge on any atom is 0.270 e. The zero-order chi connectivity index (χ0) is 31.2. The lowest BCUT2D eigenvalue weighted by Crippen LogP contribution is -2.43. The lowest BCUT2D eigenvalue weighted by atomic mass is 9.97. The van der Waals surface area contributed by atoms with Crippen LogP contribution in [0.4, 0.5) is 5.69 Å². The Balaban J connectivity index is 1.10. The minimum absolute atomic E-state index is 0.0947. The molecule has 0 radical (unpaired) electrons. The number of para-hydroxylation sites is 1. The van der Waals surface area contributed by atoms with E-state index in [0.29, 0.717) is 29.4 Å². The molecule has 232 valence electrons. The quantitative estimate of drug-likeness (QED) is 0.199. The number of hydrogen-bond donors (Lipinski definition) is 0. The Morgan fingerprint density at radius 1 is 0.761 bits per heavy atom. The van der Waals surface area contributed by atoms with Crippen molar-refractivity contribution in [1.29, 1.82) is 0 Å². The molecule has 0 spiro atoms. The highest BCUT2D eigenvalue weighted by Gasteiger charge is 2.34. The van der Waals surface area contributed by atoms with E-state index in [2.05, 4.69) is 44.7 Å². The summed E-state index contributed by atoms with van der Waals surface area (Å²) < 4.78 is 2.12. The molecule has 2 saturated heterocycles. The molecule has 3 aliphatic rings. The number of carbonyl (C=O) groups excluding carboxylic acids is 2. The van der Waals surface area contributed by atoms with Crippen molar-refractivity contribution in [2.75, 3.05) is 31.1 Å². The van der Waals surface area contributed by atoms with Crippen LogP contribution in [0.5, 0.6) is 0 Å². The number of nitrogens with zero attached hydrogens (tertiary/aromatic N) is 4. The fourth-order valence-electron chi connectivity index (χ4n) is 7.71. The van der Waals surface area contributed by atoms with Crippen LogP contribution in [0.2, 0.25) is 5.02 Å². The third-order valence-corrected chi connectivity index (χ3v) is 10.4. The van der Waals surface area contributed by atoms with Crippen molar-refractivity contribution in [1.82, 2.24) is 14.4 Å². The lowest BCUT2D eigenvalue weighted by molar-refractivity contribution is 0.0698. The smallest absolute Gasteiger partial charge is 0.270 e. The van der Waals surface area contributed by atoms with Gasteiger partial charge in [0.25, 0.3) is 11.8 Å². The Morgan fingerprint density at radius 3 is 2.43 bits per heavy atom. The molecule has 2 amide bonds. The summed E-state index contributed by atoms with van der Waals surface area (Å²) in [6.07, 6.45) is 4.60. The summed E-state index contributed by atoms with van der Waals surface area (Å²) in [6, 6.07) is 32.5. The molecule has 0 bridgehead atoms. The molecule has 7 heteroatoms. The molecule has 0 aliphatic carbocycles. The van der Waals surface area contributed by atoms with Gasteiger partial charge in [-0.3, -0.25) is 9.59 Å². The summed E-state index contributed by atoms with van der Waals surface area (Å²) in [5.41, 5.74) is 5.98. The van der Waals surface area contributed by atoms with E-state index >= 15 is 0 Å². The van der Waals surface area contributed by atoms with E-state index in [4.69, 9.17) is 11.6 Å². The molecule has 3 aliphatic heterocycles. The number of hydrogen-bond acceptors (Lipinski definition) is 3. The standard InChI is InChI=1S/C39H37ClN4O2/c40-35-23-28(33-14-7-11-27-9-1-3-13-32(27)33)16-18-34(35)38(45)44-26-31-17-19-37(43(31)24-29-10-2-4-15-36(29)44)39(46)42-22-8-12-30(42)25-41-20-5-6-21-41/h1-4,7,9-11,13-19,23,30H,5-6,8,12,20-22,24-26H2/t30-/m0/s1. The Hall–Kier alpha value is -4.39. The predicted octanol–water partition coefficient (Wildman–Crippen LogP) is 7.87. The molecule has 0 unspecified atom stereocenters. The summed E-state index contributed by atoms with van der Waals surface area (Å²) in [6.45, 7) is 4.91. The van der Waals surface area contributed by atoms with Crippen LogP contribution in [-0.4, -0.2) is 58.4 Å². The number of rotatable bonds is 5. The van der Waals surface area contributed by atoms with Crippen molar-refractivity contribution < 1.29 is 9.59 Å². The van der Waals surface area contributed by atoms with Crippen molar-refractivity contribution in [3.05, 3.63) is 125 Å². The molecule has 0 saturated carbocycles. The first kappa shape index (κ1) is 29.0. The van der Waals surface area contributed by atoms with E-state index < -0.39 is 0 Å². The first-order valence-corrected chi connectivity index (χ1v) is 16.8. The number of amides is 2. The maximum absolute atomic E-state index is 14.3. The van der Waals surface area contributed by atoms with Gasteiger partial charge in [-0.05, 0) is 96.6 Å². The molecule has 4 aromatic carbocycles. The van der Waals surface area contributed by atoms with Gasteiger partial charge >= 0.3 is 0 Å². The molecular weight excluding hydrogens is 592 g/mol. The van der Waals surface area contributed by atoms with Gasteiger partial charge in [-0.1, -0.05) is 78.3 Å². The van der Waals surface area contributed by atoms with E-state index in [-0.39, 0.29) is 17.9 Å². The highest BCUT2D eigenvalue weighted by atomic mass is 35.5. The van der Waals surface area contributed by atoms with Crippen LogP contribution in [-0.2, 0) is 13.1 Å². The van der Waals surface area contributed by atoms with E-state index in [0.717, 1.165) is 77.9 Å². The molecular formula is C39H37ClN4O2. The van der Waals surface area contributed by atoms with Gasteiger partial charge in [0.15, 0.2) is 0 Å². The molecule has 8 rings (SSSR count). The summed E-state index contributed by atoms with van der Waals surface area (Å²) in [5.74, 6) is -0.0630. The summed E-state index contributed by atoms with van der Waals surface area (Å²) in [7, 11) is 0. The van der Waals surface area contributed by atoms with Crippen molar-refractivity contribution in [3.63, 3.8) is 0 Å². The zero-order valence-electron chi connectivity index (χ0n) is 25.9. The first-order chi connectivity index (χ1) is 22.5. The number of aromatic nitrogens is 1. The van der Waals surface area contributed by atoms with E-state index in [9.17, 15) is 9.59 Å². The number of carbonyl (C=O) groups is 2. The third-order valence-electron chi connectivity index (χ3n) is 10.1. The van der Waals surface area contributed by atoms with Crippen LogP contribution >= 0.6 is 11.6 Å². The topological polar surface area (TPSA) is 48.8 Å². The lowest BCUT2D eigenvalue weighted by Gasteiger charge is -2.29. The average molecular weight is 629 g/mol. The van der Waals surface area contributed by atoms with E-state index in [1.165, 1.54) is 12.8 Å². The molecule has 2 fully saturated rings. The SMILES string of the molecule is O=C(c1ccc(-c2cccc3ccccc23)cc1Cl)N1Cc2ccc(C(=O)N3CCC[C@H]3CN3CCCC3)n2Cc2ccccc21. The second-order valence-electron chi connectivity index (χ2n) is 12.8. The second kappa shape index (κ2) is 12.1. The average Bonchev–Trinajstić information content (AvgIpc) is 3.84. The largest absolute Gasteiger partial charge is 0.334 e. The van der Waals surface area contributed by atoms with E-state index in [1.807, 2.05) is 71.6 Å². The minimum atomic E-state index is -0.158. The number of anilines is 1. The maximum atomic E-state index is 14.3. The zero-order valence-corrected chi connectivity index (χ0v) is 26.6. The predicted molar refractivity (Wildman–Crippen MR) is 185 cm³/mol.